The molecule has 4 aromatic rings. The summed E-state index contributed by atoms with van der Waals surface area (Å²) in [4.78, 5) is 39.1. The number of hydrogen-bond donors (Lipinski definition) is 1. The van der Waals surface area contributed by atoms with Gasteiger partial charge in [-0.25, -0.2) is 14.1 Å². The Hall–Kier alpha value is -4.43. The second kappa shape index (κ2) is 9.91. The van der Waals surface area contributed by atoms with Gasteiger partial charge in [-0.15, -0.1) is 0 Å². The van der Waals surface area contributed by atoms with E-state index < -0.39 is 23.7 Å². The van der Waals surface area contributed by atoms with Crippen molar-refractivity contribution in [1.29, 1.82) is 0 Å². The fraction of sp³-hybridized carbons (Fsp3) is 0.107. The number of hydrogen-bond acceptors (Lipinski definition) is 4. The van der Waals surface area contributed by atoms with Crippen LogP contribution in [0.1, 0.15) is 11.1 Å². The molecule has 0 aliphatic carbocycles. The molecule has 37 heavy (non-hydrogen) atoms. The number of rotatable bonds is 6. The van der Waals surface area contributed by atoms with Crippen molar-refractivity contribution >= 4 is 52.1 Å². The van der Waals surface area contributed by atoms with Gasteiger partial charge in [-0.2, -0.15) is 0 Å². The number of fused-ring (bicyclic) bond motifs is 1. The van der Waals surface area contributed by atoms with Crippen molar-refractivity contribution in [1.82, 2.24) is 9.88 Å². The highest BCUT2D eigenvalue weighted by Gasteiger charge is 2.37. The molecule has 2 heterocycles. The summed E-state index contributed by atoms with van der Waals surface area (Å²) < 4.78 is 21.3. The quantitative estimate of drug-likeness (QED) is 0.271. The van der Waals surface area contributed by atoms with Crippen LogP contribution in [0, 0.1) is 12.7 Å². The summed E-state index contributed by atoms with van der Waals surface area (Å²) in [5.41, 5.74) is 2.39. The summed E-state index contributed by atoms with van der Waals surface area (Å²) in [5, 5.41) is 3.65. The van der Waals surface area contributed by atoms with Crippen LogP contribution < -0.4 is 15.0 Å². The van der Waals surface area contributed by atoms with Gasteiger partial charge >= 0.3 is 6.03 Å². The zero-order valence-electron chi connectivity index (χ0n) is 19.7. The van der Waals surface area contributed by atoms with Crippen molar-refractivity contribution in [3.8, 4) is 5.75 Å². The summed E-state index contributed by atoms with van der Waals surface area (Å²) in [6.45, 7) is 2.80. The predicted octanol–water partition coefficient (Wildman–Crippen LogP) is 5.49. The number of para-hydroxylation sites is 1. The van der Waals surface area contributed by atoms with Crippen molar-refractivity contribution in [2.45, 2.75) is 13.5 Å². The number of imide groups is 2. The molecular formula is C28H21ClFN3O4. The van der Waals surface area contributed by atoms with Crippen LogP contribution in [0.3, 0.4) is 0 Å². The summed E-state index contributed by atoms with van der Waals surface area (Å²) in [5.74, 6) is -1.37. The largest absolute Gasteiger partial charge is 0.491 e. The molecule has 0 spiro atoms. The van der Waals surface area contributed by atoms with E-state index in [1.54, 1.807) is 6.07 Å². The second-order valence-electron chi connectivity index (χ2n) is 8.49. The first-order valence-electron chi connectivity index (χ1n) is 11.5. The lowest BCUT2D eigenvalue weighted by molar-refractivity contribution is -0.122. The highest BCUT2D eigenvalue weighted by Crippen LogP contribution is 2.27. The number of barbiturate groups is 1. The third-order valence-electron chi connectivity index (χ3n) is 6.03. The van der Waals surface area contributed by atoms with Crippen molar-refractivity contribution in [2.24, 2.45) is 0 Å². The normalized spacial score (nSPS) is 14.9. The number of anilines is 1. The van der Waals surface area contributed by atoms with Crippen LogP contribution in [0.5, 0.6) is 5.75 Å². The second-order valence-corrected chi connectivity index (χ2v) is 8.92. The first kappa shape index (κ1) is 24.3. The van der Waals surface area contributed by atoms with Crippen LogP contribution in [-0.4, -0.2) is 29.0 Å². The molecule has 9 heteroatoms. The maximum atomic E-state index is 13.4. The first-order chi connectivity index (χ1) is 17.8. The van der Waals surface area contributed by atoms with E-state index in [0.717, 1.165) is 39.2 Å². The lowest BCUT2D eigenvalue weighted by Gasteiger charge is -2.26. The molecule has 1 aromatic heterocycles. The van der Waals surface area contributed by atoms with Crippen LogP contribution >= 0.6 is 11.6 Å². The van der Waals surface area contributed by atoms with Gasteiger partial charge in [-0.05, 0) is 67.1 Å². The number of aryl methyl sites for hydroxylation is 1. The maximum Gasteiger partial charge on any atom is 0.335 e. The molecule has 3 aromatic carbocycles. The molecular weight excluding hydrogens is 497 g/mol. The Labute approximate surface area is 216 Å². The average Bonchev–Trinajstić information content (AvgIpc) is 3.21. The Morgan fingerprint density at radius 2 is 1.78 bits per heavy atom. The molecule has 7 nitrogen and oxygen atoms in total. The molecule has 0 atom stereocenters. The van der Waals surface area contributed by atoms with Gasteiger partial charge in [0.05, 0.1) is 12.2 Å². The first-order valence-corrected chi connectivity index (χ1v) is 11.8. The molecule has 1 fully saturated rings. The van der Waals surface area contributed by atoms with E-state index in [9.17, 15) is 18.8 Å². The number of halogens is 2. The van der Waals surface area contributed by atoms with Crippen LogP contribution in [0.4, 0.5) is 14.9 Å². The molecule has 1 aliphatic rings. The SMILES string of the molecule is Cc1cc(Cl)ccc1OCCn1cc(/C=C2/C(=O)NC(=O)N(c3ccc(F)cc3)C2=O)c2ccccc21. The number of carbonyl (C=O) groups excluding carboxylic acids is 3. The highest BCUT2D eigenvalue weighted by molar-refractivity contribution is 6.39. The number of nitrogens with zero attached hydrogens (tertiary/aromatic N) is 2. The van der Waals surface area contributed by atoms with Gasteiger partial charge in [-0.3, -0.25) is 14.9 Å². The van der Waals surface area contributed by atoms with E-state index >= 15 is 0 Å². The summed E-state index contributed by atoms with van der Waals surface area (Å²) in [6, 6.07) is 17.0. The lowest BCUT2D eigenvalue weighted by Crippen LogP contribution is -2.54. The van der Waals surface area contributed by atoms with Crippen LogP contribution in [0.15, 0.2) is 78.5 Å². The standard InChI is InChI=1S/C28H21ClFN3O4/c1-17-14-19(29)6-11-25(17)37-13-12-32-16-18(22-4-2-3-5-24(22)32)15-23-26(34)31-28(36)33(27(23)35)21-9-7-20(30)8-10-21/h2-11,14-16H,12-13H2,1H3,(H,31,34,36)/b23-15-. The number of aromatic nitrogens is 1. The Bertz CT molecular complexity index is 1580. The number of urea groups is 1. The topological polar surface area (TPSA) is 80.6 Å². The number of nitrogens with one attached hydrogen (secondary N) is 1. The molecule has 1 N–H and O–H groups in total. The molecule has 186 valence electrons. The van der Waals surface area contributed by atoms with Gasteiger partial charge in [0.25, 0.3) is 11.8 Å². The Morgan fingerprint density at radius 1 is 1.03 bits per heavy atom. The van der Waals surface area contributed by atoms with Crippen molar-refractivity contribution in [3.63, 3.8) is 0 Å². The zero-order chi connectivity index (χ0) is 26.1. The fourth-order valence-electron chi connectivity index (χ4n) is 4.24. The third kappa shape index (κ3) is 4.83. The maximum absolute atomic E-state index is 13.4. The van der Waals surface area contributed by atoms with E-state index in [4.69, 9.17) is 16.3 Å². The van der Waals surface area contributed by atoms with Crippen LogP contribution in [-0.2, 0) is 16.1 Å². The Morgan fingerprint density at radius 3 is 2.54 bits per heavy atom. The zero-order valence-corrected chi connectivity index (χ0v) is 20.5. The summed E-state index contributed by atoms with van der Waals surface area (Å²) >= 11 is 6.02. The lowest BCUT2D eigenvalue weighted by atomic mass is 10.1. The van der Waals surface area contributed by atoms with Crippen molar-refractivity contribution in [2.75, 3.05) is 11.5 Å². The molecule has 0 radical (unpaired) electrons. The van der Waals surface area contributed by atoms with E-state index in [0.29, 0.717) is 23.7 Å². The minimum absolute atomic E-state index is 0.152. The number of benzene rings is 3. The van der Waals surface area contributed by atoms with Crippen LogP contribution in [0.25, 0.3) is 17.0 Å². The van der Waals surface area contributed by atoms with E-state index in [1.807, 2.05) is 54.1 Å². The summed E-state index contributed by atoms with van der Waals surface area (Å²) in [6.07, 6.45) is 3.29. The molecule has 4 amide bonds. The smallest absolute Gasteiger partial charge is 0.335 e. The predicted molar refractivity (Wildman–Crippen MR) is 139 cm³/mol. The van der Waals surface area contributed by atoms with Crippen LogP contribution in [0.2, 0.25) is 5.02 Å². The Balaban J connectivity index is 1.44. The van der Waals surface area contributed by atoms with Crippen molar-refractivity contribution < 1.29 is 23.5 Å². The van der Waals surface area contributed by atoms with E-state index in [-0.39, 0.29) is 11.3 Å². The summed E-state index contributed by atoms with van der Waals surface area (Å²) in [7, 11) is 0. The fourth-order valence-corrected chi connectivity index (χ4v) is 4.47. The van der Waals surface area contributed by atoms with Gasteiger partial charge in [0.15, 0.2) is 0 Å². The van der Waals surface area contributed by atoms with Gasteiger partial charge < -0.3 is 9.30 Å². The monoisotopic (exact) mass is 517 g/mol. The highest BCUT2D eigenvalue weighted by atomic mass is 35.5. The minimum atomic E-state index is -0.893. The molecule has 1 aliphatic heterocycles. The van der Waals surface area contributed by atoms with Gasteiger partial charge in [-0.1, -0.05) is 29.8 Å². The molecule has 5 rings (SSSR count). The number of ether oxygens (including phenoxy) is 1. The van der Waals surface area contributed by atoms with Crippen molar-refractivity contribution in [3.05, 3.63) is 100 Å². The Kier molecular flexibility index (Phi) is 6.50. The van der Waals surface area contributed by atoms with Gasteiger partial charge in [0, 0.05) is 27.7 Å². The molecule has 1 saturated heterocycles. The van der Waals surface area contributed by atoms with Gasteiger partial charge in [0.2, 0.25) is 0 Å². The molecule has 0 saturated carbocycles. The third-order valence-corrected chi connectivity index (χ3v) is 6.27. The van der Waals surface area contributed by atoms with E-state index in [1.165, 1.54) is 18.2 Å². The van der Waals surface area contributed by atoms with E-state index in [2.05, 4.69) is 5.32 Å². The average molecular weight is 518 g/mol. The molecule has 0 unspecified atom stereocenters. The molecule has 0 bridgehead atoms. The number of carbonyl (C=O) groups is 3. The van der Waals surface area contributed by atoms with Gasteiger partial charge in [0.1, 0.15) is 23.7 Å². The number of amides is 4. The minimum Gasteiger partial charge on any atom is -0.491 e.